The summed E-state index contributed by atoms with van der Waals surface area (Å²) in [4.78, 5) is 13.0. The van der Waals surface area contributed by atoms with Gasteiger partial charge in [0.05, 0.1) is 19.8 Å². The van der Waals surface area contributed by atoms with Crippen molar-refractivity contribution >= 4 is 5.78 Å². The maximum Gasteiger partial charge on any atom is 0.170 e. The molecular formula is C23H26O4. The monoisotopic (exact) mass is 366 g/mol. The van der Waals surface area contributed by atoms with Crippen LogP contribution in [-0.2, 0) is 20.7 Å². The molecule has 4 heteroatoms. The standard InChI is InChI=1S/C23H26O4/c1-15-18-12-13-23(2,3)27-21(18)11-10-19(22(15)26-5)20(24)14-16-6-8-17(25-4)9-7-16/h6-13,15H,14H2,1-5H3. The number of benzene rings is 1. The highest BCUT2D eigenvalue weighted by molar-refractivity contribution is 6.00. The zero-order chi connectivity index (χ0) is 19.6. The molecule has 0 amide bonds. The molecule has 1 atom stereocenters. The minimum atomic E-state index is -0.367. The highest BCUT2D eigenvalue weighted by Gasteiger charge is 2.30. The predicted octanol–water partition coefficient (Wildman–Crippen LogP) is 4.53. The second-order valence-electron chi connectivity index (χ2n) is 7.34. The van der Waals surface area contributed by atoms with Crippen molar-refractivity contribution in [1.29, 1.82) is 0 Å². The fourth-order valence-electron chi connectivity index (χ4n) is 3.39. The Hall–Kier alpha value is -2.75. The third-order valence-corrected chi connectivity index (χ3v) is 4.89. The smallest absolute Gasteiger partial charge is 0.170 e. The number of hydrogen-bond acceptors (Lipinski definition) is 4. The first-order valence-corrected chi connectivity index (χ1v) is 9.09. The fraction of sp³-hybridized carbons (Fsp3) is 0.348. The number of carbonyl (C=O) groups is 1. The van der Waals surface area contributed by atoms with E-state index in [1.54, 1.807) is 14.2 Å². The van der Waals surface area contributed by atoms with Crippen molar-refractivity contribution in [2.45, 2.75) is 32.8 Å². The van der Waals surface area contributed by atoms with Gasteiger partial charge in [-0.2, -0.15) is 0 Å². The van der Waals surface area contributed by atoms with Gasteiger partial charge in [0.1, 0.15) is 22.9 Å². The first kappa shape index (κ1) is 19.0. The first-order valence-electron chi connectivity index (χ1n) is 9.09. The van der Waals surface area contributed by atoms with Crippen molar-refractivity contribution in [3.8, 4) is 5.75 Å². The molecule has 1 aliphatic heterocycles. The quantitative estimate of drug-likeness (QED) is 0.768. The van der Waals surface area contributed by atoms with Crippen LogP contribution in [0.25, 0.3) is 0 Å². The summed E-state index contributed by atoms with van der Waals surface area (Å²) in [6.07, 6.45) is 8.11. The predicted molar refractivity (Wildman–Crippen MR) is 105 cm³/mol. The lowest BCUT2D eigenvalue weighted by Gasteiger charge is -2.30. The molecule has 0 spiro atoms. The summed E-state index contributed by atoms with van der Waals surface area (Å²) in [6.45, 7) is 6.06. The van der Waals surface area contributed by atoms with E-state index in [1.807, 2.05) is 63.3 Å². The van der Waals surface area contributed by atoms with Crippen molar-refractivity contribution in [3.05, 3.63) is 76.8 Å². The largest absolute Gasteiger partial charge is 0.500 e. The molecule has 1 aromatic rings. The molecule has 27 heavy (non-hydrogen) atoms. The van der Waals surface area contributed by atoms with Gasteiger partial charge in [-0.15, -0.1) is 0 Å². The summed E-state index contributed by atoms with van der Waals surface area (Å²) in [5, 5.41) is 0. The van der Waals surface area contributed by atoms with E-state index in [0.717, 1.165) is 22.6 Å². The van der Waals surface area contributed by atoms with Crippen LogP contribution in [0.5, 0.6) is 5.75 Å². The summed E-state index contributed by atoms with van der Waals surface area (Å²) >= 11 is 0. The van der Waals surface area contributed by atoms with Gasteiger partial charge in [0.2, 0.25) is 0 Å². The molecule has 142 valence electrons. The van der Waals surface area contributed by atoms with E-state index in [4.69, 9.17) is 14.2 Å². The molecular weight excluding hydrogens is 340 g/mol. The van der Waals surface area contributed by atoms with Gasteiger partial charge in [-0.25, -0.2) is 0 Å². The summed E-state index contributed by atoms with van der Waals surface area (Å²) in [6, 6.07) is 7.54. The molecule has 0 aromatic heterocycles. The van der Waals surface area contributed by atoms with Gasteiger partial charge in [0.15, 0.2) is 5.78 Å². The molecule has 0 saturated heterocycles. The molecule has 4 nitrogen and oxygen atoms in total. The average molecular weight is 366 g/mol. The Morgan fingerprint density at radius 2 is 1.78 bits per heavy atom. The van der Waals surface area contributed by atoms with Gasteiger partial charge in [0.25, 0.3) is 0 Å². The molecule has 1 aliphatic carbocycles. The van der Waals surface area contributed by atoms with E-state index < -0.39 is 0 Å². The molecule has 0 bridgehead atoms. The number of allylic oxidation sites excluding steroid dienone is 5. The zero-order valence-corrected chi connectivity index (χ0v) is 16.5. The molecule has 0 saturated carbocycles. The van der Waals surface area contributed by atoms with Crippen LogP contribution in [0.1, 0.15) is 26.3 Å². The van der Waals surface area contributed by atoms with E-state index in [9.17, 15) is 4.79 Å². The number of methoxy groups -OCH3 is 2. The van der Waals surface area contributed by atoms with Crippen LogP contribution in [0.15, 0.2) is 71.2 Å². The van der Waals surface area contributed by atoms with Crippen molar-refractivity contribution in [1.82, 2.24) is 0 Å². The van der Waals surface area contributed by atoms with Crippen molar-refractivity contribution < 1.29 is 19.0 Å². The highest BCUT2D eigenvalue weighted by Crippen LogP contribution is 2.37. The maximum absolute atomic E-state index is 13.0. The molecule has 1 unspecified atom stereocenters. The number of Topliss-reactive ketones (excluding diaryl/α,β-unsaturated/α-hetero) is 1. The average Bonchev–Trinajstić information content (AvgIpc) is 2.77. The highest BCUT2D eigenvalue weighted by atomic mass is 16.5. The number of ether oxygens (including phenoxy) is 3. The van der Waals surface area contributed by atoms with Gasteiger partial charge in [-0.1, -0.05) is 25.1 Å². The van der Waals surface area contributed by atoms with Crippen LogP contribution < -0.4 is 4.74 Å². The second kappa shape index (κ2) is 7.47. The van der Waals surface area contributed by atoms with Crippen LogP contribution in [0.4, 0.5) is 0 Å². The van der Waals surface area contributed by atoms with Crippen LogP contribution in [-0.4, -0.2) is 25.6 Å². The number of ketones is 1. The summed E-state index contributed by atoms with van der Waals surface area (Å²) in [7, 11) is 3.24. The van der Waals surface area contributed by atoms with E-state index >= 15 is 0 Å². The molecule has 0 N–H and O–H groups in total. The number of hydrogen-bond donors (Lipinski definition) is 0. The van der Waals surface area contributed by atoms with Gasteiger partial charge < -0.3 is 14.2 Å². The minimum absolute atomic E-state index is 0.0169. The van der Waals surface area contributed by atoms with Gasteiger partial charge in [-0.05, 0) is 49.8 Å². The van der Waals surface area contributed by atoms with Crippen LogP contribution >= 0.6 is 0 Å². The fourth-order valence-corrected chi connectivity index (χ4v) is 3.39. The van der Waals surface area contributed by atoms with Gasteiger partial charge in [-0.3, -0.25) is 4.79 Å². The van der Waals surface area contributed by atoms with Crippen molar-refractivity contribution in [2.24, 2.45) is 5.92 Å². The molecule has 0 fully saturated rings. The zero-order valence-electron chi connectivity index (χ0n) is 16.5. The Labute approximate surface area is 160 Å². The lowest BCUT2D eigenvalue weighted by atomic mass is 9.91. The number of carbonyl (C=O) groups excluding carboxylic acids is 1. The molecule has 1 aromatic carbocycles. The summed E-state index contributed by atoms with van der Waals surface area (Å²) < 4.78 is 16.9. The summed E-state index contributed by atoms with van der Waals surface area (Å²) in [5.41, 5.74) is 2.18. The van der Waals surface area contributed by atoms with Gasteiger partial charge >= 0.3 is 0 Å². The lowest BCUT2D eigenvalue weighted by molar-refractivity contribution is -0.114. The first-order chi connectivity index (χ1) is 12.8. The Morgan fingerprint density at radius 1 is 1.07 bits per heavy atom. The van der Waals surface area contributed by atoms with Gasteiger partial charge in [0, 0.05) is 17.9 Å². The molecule has 1 heterocycles. The second-order valence-corrected chi connectivity index (χ2v) is 7.34. The van der Waals surface area contributed by atoms with E-state index in [2.05, 4.69) is 6.08 Å². The molecule has 3 rings (SSSR count). The maximum atomic E-state index is 13.0. The van der Waals surface area contributed by atoms with Crippen molar-refractivity contribution in [3.63, 3.8) is 0 Å². The van der Waals surface area contributed by atoms with E-state index in [1.165, 1.54) is 0 Å². The third-order valence-electron chi connectivity index (χ3n) is 4.89. The number of rotatable bonds is 5. The normalized spacial score (nSPS) is 20.7. The van der Waals surface area contributed by atoms with Crippen LogP contribution in [0.3, 0.4) is 0 Å². The summed E-state index contributed by atoms with van der Waals surface area (Å²) in [5.74, 6) is 2.18. The van der Waals surface area contributed by atoms with E-state index in [-0.39, 0.29) is 17.3 Å². The van der Waals surface area contributed by atoms with Crippen LogP contribution in [0, 0.1) is 5.92 Å². The topological polar surface area (TPSA) is 44.8 Å². The third kappa shape index (κ3) is 4.00. The van der Waals surface area contributed by atoms with Crippen molar-refractivity contribution in [2.75, 3.05) is 14.2 Å². The Balaban J connectivity index is 1.89. The Morgan fingerprint density at radius 3 is 2.41 bits per heavy atom. The van der Waals surface area contributed by atoms with Crippen LogP contribution in [0.2, 0.25) is 0 Å². The Bertz CT molecular complexity index is 851. The SMILES string of the molecule is COC1=C(C(=O)Cc2ccc(OC)cc2)C=CC2=C(C=CC(C)(C)O2)C1C. The Kier molecular flexibility index (Phi) is 5.26. The minimum Gasteiger partial charge on any atom is -0.500 e. The van der Waals surface area contributed by atoms with E-state index in [0.29, 0.717) is 17.8 Å². The lowest BCUT2D eigenvalue weighted by Crippen LogP contribution is -2.25. The molecule has 2 aliphatic rings. The molecule has 0 radical (unpaired) electrons.